The Morgan fingerprint density at radius 3 is 2.71 bits per heavy atom. The van der Waals surface area contributed by atoms with Crippen LogP contribution in [0.15, 0.2) is 48.4 Å². The molecule has 0 aliphatic heterocycles. The molecule has 1 aliphatic carbocycles. The molecule has 0 saturated heterocycles. The molecule has 0 spiro atoms. The number of rotatable bonds is 13. The van der Waals surface area contributed by atoms with Gasteiger partial charge in [0.25, 0.3) is 0 Å². The van der Waals surface area contributed by atoms with Crippen LogP contribution in [0.2, 0.25) is 0 Å². The van der Waals surface area contributed by atoms with Crippen LogP contribution in [0, 0.1) is 24.1 Å². The number of aliphatic imine (C=N–C) groups is 1. The zero-order chi connectivity index (χ0) is 24.7. The summed E-state index contributed by atoms with van der Waals surface area (Å²) in [6.07, 6.45) is 8.20. The van der Waals surface area contributed by atoms with Gasteiger partial charge in [-0.15, -0.1) is 0 Å². The Bertz CT molecular complexity index is 998. The lowest BCUT2D eigenvalue weighted by Crippen LogP contribution is -2.46. The SMILES string of the molecule is C=CN=C(CCC1([C@H](CCC)C(=O)N[C@@H](CO)[C@H](O)c2ccc(F)cn2)CC1)c1cc[nH]c1C. The summed E-state index contributed by atoms with van der Waals surface area (Å²) in [4.78, 5) is 24.9. The minimum atomic E-state index is -1.24. The van der Waals surface area contributed by atoms with E-state index < -0.39 is 24.6 Å². The molecule has 1 fully saturated rings. The van der Waals surface area contributed by atoms with Crippen molar-refractivity contribution >= 4 is 11.6 Å². The Morgan fingerprint density at radius 1 is 1.41 bits per heavy atom. The minimum Gasteiger partial charge on any atom is -0.394 e. The van der Waals surface area contributed by atoms with Gasteiger partial charge < -0.3 is 20.5 Å². The number of halogens is 1. The van der Waals surface area contributed by atoms with Gasteiger partial charge in [0.1, 0.15) is 11.9 Å². The molecule has 2 aromatic rings. The number of aliphatic hydroxyl groups is 2. The maximum atomic E-state index is 13.4. The molecule has 184 valence electrons. The van der Waals surface area contributed by atoms with E-state index in [2.05, 4.69) is 26.9 Å². The smallest absolute Gasteiger partial charge is 0.224 e. The minimum absolute atomic E-state index is 0.134. The van der Waals surface area contributed by atoms with Crippen molar-refractivity contribution in [2.45, 2.75) is 64.5 Å². The number of nitrogens with zero attached hydrogens (tertiary/aromatic N) is 2. The van der Waals surface area contributed by atoms with Gasteiger partial charge in [-0.1, -0.05) is 19.9 Å². The molecule has 1 aliphatic rings. The molecule has 3 rings (SSSR count). The molecule has 3 atom stereocenters. The van der Waals surface area contributed by atoms with Crippen molar-refractivity contribution in [1.29, 1.82) is 0 Å². The number of carbonyl (C=O) groups excluding carboxylic acids is 1. The Morgan fingerprint density at radius 2 is 2.18 bits per heavy atom. The topological polar surface area (TPSA) is 111 Å². The van der Waals surface area contributed by atoms with Crippen LogP contribution in [0.5, 0.6) is 0 Å². The Balaban J connectivity index is 1.71. The Hall–Kier alpha value is -2.84. The van der Waals surface area contributed by atoms with Crippen LogP contribution in [0.3, 0.4) is 0 Å². The predicted octanol–water partition coefficient (Wildman–Crippen LogP) is 3.98. The number of carbonyl (C=O) groups is 1. The lowest BCUT2D eigenvalue weighted by Gasteiger charge is -2.29. The molecule has 0 unspecified atom stereocenters. The van der Waals surface area contributed by atoms with Crippen molar-refractivity contribution in [3.05, 3.63) is 66.1 Å². The van der Waals surface area contributed by atoms with Crippen LogP contribution in [-0.2, 0) is 4.79 Å². The first-order chi connectivity index (χ1) is 16.3. The summed E-state index contributed by atoms with van der Waals surface area (Å²) in [6, 6.07) is 3.62. The highest BCUT2D eigenvalue weighted by molar-refractivity contribution is 6.02. The van der Waals surface area contributed by atoms with E-state index in [0.29, 0.717) is 6.42 Å². The predicted molar refractivity (Wildman–Crippen MR) is 130 cm³/mol. The number of aliphatic hydroxyl groups excluding tert-OH is 2. The van der Waals surface area contributed by atoms with E-state index in [1.165, 1.54) is 12.1 Å². The van der Waals surface area contributed by atoms with Crippen molar-refractivity contribution < 1.29 is 19.4 Å². The lowest BCUT2D eigenvalue weighted by molar-refractivity contribution is -0.129. The number of hydrogen-bond acceptors (Lipinski definition) is 5. The van der Waals surface area contributed by atoms with Crippen LogP contribution in [0.25, 0.3) is 0 Å². The Labute approximate surface area is 200 Å². The molecule has 34 heavy (non-hydrogen) atoms. The second-order valence-corrected chi connectivity index (χ2v) is 9.12. The molecule has 4 N–H and O–H groups in total. The van der Waals surface area contributed by atoms with Gasteiger partial charge in [-0.05, 0) is 62.6 Å². The number of pyridine rings is 1. The summed E-state index contributed by atoms with van der Waals surface area (Å²) in [7, 11) is 0. The van der Waals surface area contributed by atoms with E-state index in [1.807, 2.05) is 26.1 Å². The maximum absolute atomic E-state index is 13.4. The fraction of sp³-hybridized carbons (Fsp3) is 0.500. The van der Waals surface area contributed by atoms with Gasteiger partial charge >= 0.3 is 0 Å². The fourth-order valence-corrected chi connectivity index (χ4v) is 4.73. The highest BCUT2D eigenvalue weighted by Crippen LogP contribution is 2.57. The largest absolute Gasteiger partial charge is 0.394 e. The van der Waals surface area contributed by atoms with E-state index in [9.17, 15) is 19.4 Å². The summed E-state index contributed by atoms with van der Waals surface area (Å²) in [5.41, 5.74) is 3.11. The number of H-pyrrole nitrogens is 1. The van der Waals surface area contributed by atoms with Crippen LogP contribution in [-0.4, -0.2) is 44.4 Å². The quantitative estimate of drug-likeness (QED) is 0.332. The number of aromatic amines is 1. The molecule has 0 bridgehead atoms. The van der Waals surface area contributed by atoms with Crippen LogP contribution >= 0.6 is 0 Å². The second kappa shape index (κ2) is 11.5. The molecule has 0 radical (unpaired) electrons. The summed E-state index contributed by atoms with van der Waals surface area (Å²) >= 11 is 0. The first-order valence-corrected chi connectivity index (χ1v) is 11.9. The third-order valence-electron chi connectivity index (χ3n) is 6.86. The average molecular weight is 471 g/mol. The number of amides is 1. The summed E-state index contributed by atoms with van der Waals surface area (Å²) in [6.45, 7) is 7.34. The molecular weight excluding hydrogens is 435 g/mol. The van der Waals surface area contributed by atoms with Gasteiger partial charge in [-0.3, -0.25) is 14.8 Å². The van der Waals surface area contributed by atoms with Gasteiger partial charge in [-0.25, -0.2) is 4.39 Å². The van der Waals surface area contributed by atoms with Crippen molar-refractivity contribution in [3.63, 3.8) is 0 Å². The number of nitrogens with one attached hydrogen (secondary N) is 2. The molecule has 2 heterocycles. The van der Waals surface area contributed by atoms with E-state index in [1.54, 1.807) is 6.20 Å². The van der Waals surface area contributed by atoms with Crippen LogP contribution < -0.4 is 5.32 Å². The van der Waals surface area contributed by atoms with Crippen LogP contribution in [0.4, 0.5) is 4.39 Å². The highest BCUT2D eigenvalue weighted by atomic mass is 19.1. The van der Waals surface area contributed by atoms with Crippen LogP contribution in [0.1, 0.15) is 68.5 Å². The van der Waals surface area contributed by atoms with Gasteiger partial charge in [0.05, 0.1) is 24.5 Å². The third kappa shape index (κ3) is 5.98. The zero-order valence-corrected chi connectivity index (χ0v) is 19.9. The molecule has 8 heteroatoms. The summed E-state index contributed by atoms with van der Waals surface area (Å²) < 4.78 is 13.2. The van der Waals surface area contributed by atoms with E-state index in [-0.39, 0.29) is 22.9 Å². The maximum Gasteiger partial charge on any atom is 0.224 e. The molecule has 0 aromatic carbocycles. The standard InChI is InChI=1S/C26H35FN4O3/c1-4-6-20(25(34)31-23(16-32)24(33)22-8-7-18(27)15-30-22)26(12-13-26)11-9-21(28-5-2)19-10-14-29-17(19)3/h5,7-8,10,14-15,20,23-24,29,32-33H,2,4,6,9,11-13,16H2,1,3H3,(H,31,34)/t20-,23+,24-/m1/s1. The van der Waals surface area contributed by atoms with Gasteiger partial charge in [0.15, 0.2) is 0 Å². The van der Waals surface area contributed by atoms with Gasteiger partial charge in [-0.2, -0.15) is 0 Å². The third-order valence-corrected chi connectivity index (χ3v) is 6.86. The molecule has 2 aromatic heterocycles. The number of aryl methyl sites for hydroxylation is 1. The van der Waals surface area contributed by atoms with Crippen molar-refractivity contribution in [2.75, 3.05) is 6.61 Å². The molecule has 1 amide bonds. The normalized spacial score (nSPS) is 17.6. The van der Waals surface area contributed by atoms with E-state index in [0.717, 1.165) is 55.3 Å². The molecule has 1 saturated carbocycles. The summed E-state index contributed by atoms with van der Waals surface area (Å²) in [5, 5.41) is 23.3. The first kappa shape index (κ1) is 25.8. The highest BCUT2D eigenvalue weighted by Gasteiger charge is 2.51. The summed E-state index contributed by atoms with van der Waals surface area (Å²) in [5.74, 6) is -0.940. The number of hydrogen-bond donors (Lipinski definition) is 4. The molecular formula is C26H35FN4O3. The fourth-order valence-electron chi connectivity index (χ4n) is 4.73. The average Bonchev–Trinajstić information content (AvgIpc) is 3.50. The van der Waals surface area contributed by atoms with E-state index >= 15 is 0 Å². The first-order valence-electron chi connectivity index (χ1n) is 11.9. The number of aromatic nitrogens is 2. The zero-order valence-electron chi connectivity index (χ0n) is 19.9. The van der Waals surface area contributed by atoms with Crippen molar-refractivity contribution in [3.8, 4) is 0 Å². The molecule has 7 nitrogen and oxygen atoms in total. The van der Waals surface area contributed by atoms with E-state index in [4.69, 9.17) is 0 Å². The van der Waals surface area contributed by atoms with Gasteiger partial charge in [0.2, 0.25) is 5.91 Å². The van der Waals surface area contributed by atoms with Crippen molar-refractivity contribution in [1.82, 2.24) is 15.3 Å². The second-order valence-electron chi connectivity index (χ2n) is 9.12. The van der Waals surface area contributed by atoms with Gasteiger partial charge in [0, 0.05) is 35.3 Å². The Kier molecular flexibility index (Phi) is 8.74. The lowest BCUT2D eigenvalue weighted by atomic mass is 9.80. The monoisotopic (exact) mass is 470 g/mol. The van der Waals surface area contributed by atoms with Crippen molar-refractivity contribution in [2.24, 2.45) is 16.3 Å².